The summed E-state index contributed by atoms with van der Waals surface area (Å²) < 4.78 is 0. The van der Waals surface area contributed by atoms with Crippen LogP contribution in [0.15, 0.2) is 35.8 Å². The number of rotatable bonds is 5. The zero-order valence-electron chi connectivity index (χ0n) is 11.7. The summed E-state index contributed by atoms with van der Waals surface area (Å²) >= 11 is 1.56. The molecular formula is C15H19N3OS. The number of nitrogens with zero attached hydrogens (tertiary/aromatic N) is 1. The first-order chi connectivity index (χ1) is 9.59. The number of hydrogen-bond donors (Lipinski definition) is 2. The molecule has 0 aliphatic carbocycles. The number of thiazole rings is 1. The van der Waals surface area contributed by atoms with Crippen molar-refractivity contribution < 1.29 is 4.79 Å². The second-order valence-corrected chi connectivity index (χ2v) is 5.77. The quantitative estimate of drug-likeness (QED) is 0.889. The van der Waals surface area contributed by atoms with E-state index in [4.69, 9.17) is 5.73 Å². The van der Waals surface area contributed by atoms with E-state index in [0.29, 0.717) is 12.1 Å². The molecule has 1 heterocycles. The number of hydrogen-bond acceptors (Lipinski definition) is 4. The first-order valence-electron chi connectivity index (χ1n) is 6.60. The third kappa shape index (κ3) is 3.05. The number of nitrogens with one attached hydrogen (secondary N) is 1. The van der Waals surface area contributed by atoms with E-state index in [-0.39, 0.29) is 5.91 Å². The van der Waals surface area contributed by atoms with Crippen LogP contribution in [0, 0.1) is 0 Å². The van der Waals surface area contributed by atoms with Gasteiger partial charge in [-0.25, -0.2) is 4.98 Å². The molecule has 0 aliphatic heterocycles. The smallest absolute Gasteiger partial charge is 0.252 e. The molecule has 1 unspecified atom stereocenters. The molecule has 1 aromatic carbocycles. The van der Waals surface area contributed by atoms with Gasteiger partial charge in [-0.2, -0.15) is 0 Å². The average molecular weight is 289 g/mol. The largest absolute Gasteiger partial charge is 0.340 e. The Morgan fingerprint density at radius 2 is 2.10 bits per heavy atom. The van der Waals surface area contributed by atoms with Crippen LogP contribution in [-0.2, 0) is 12.1 Å². The minimum atomic E-state index is -0.433. The summed E-state index contributed by atoms with van der Waals surface area (Å²) in [5.41, 5.74) is 6.77. The average Bonchev–Trinajstić information content (AvgIpc) is 3.02. The standard InChI is InChI=1S/C15H19N3OS/c1-3-15(2,14-17-8-9-20-14)18-13(19)12-6-4-11(10-16)5-7-12/h4-9H,3,10,16H2,1-2H3,(H,18,19). The Bertz CT molecular complexity index is 565. The first-order valence-corrected chi connectivity index (χ1v) is 7.48. The highest BCUT2D eigenvalue weighted by atomic mass is 32.1. The zero-order valence-corrected chi connectivity index (χ0v) is 12.5. The highest BCUT2D eigenvalue weighted by molar-refractivity contribution is 7.09. The number of carbonyl (C=O) groups is 1. The van der Waals surface area contributed by atoms with Gasteiger partial charge in [0, 0.05) is 23.7 Å². The van der Waals surface area contributed by atoms with Crippen molar-refractivity contribution in [3.8, 4) is 0 Å². The molecule has 1 aromatic heterocycles. The topological polar surface area (TPSA) is 68.0 Å². The molecule has 5 heteroatoms. The summed E-state index contributed by atoms with van der Waals surface area (Å²) in [5.74, 6) is -0.0897. The second kappa shape index (κ2) is 6.15. The van der Waals surface area contributed by atoms with E-state index in [1.807, 2.05) is 31.4 Å². The van der Waals surface area contributed by atoms with Crippen molar-refractivity contribution in [3.05, 3.63) is 52.0 Å². The van der Waals surface area contributed by atoms with E-state index < -0.39 is 5.54 Å². The summed E-state index contributed by atoms with van der Waals surface area (Å²) in [5, 5.41) is 5.92. The number of amides is 1. The minimum absolute atomic E-state index is 0.0897. The highest BCUT2D eigenvalue weighted by Gasteiger charge is 2.29. The maximum Gasteiger partial charge on any atom is 0.252 e. The van der Waals surface area contributed by atoms with Gasteiger partial charge in [-0.15, -0.1) is 11.3 Å². The van der Waals surface area contributed by atoms with Gasteiger partial charge in [0.1, 0.15) is 5.01 Å². The summed E-state index contributed by atoms with van der Waals surface area (Å²) in [6.07, 6.45) is 2.54. The number of carbonyl (C=O) groups excluding carboxylic acids is 1. The molecule has 1 amide bonds. The van der Waals surface area contributed by atoms with Crippen molar-refractivity contribution in [1.29, 1.82) is 0 Å². The fourth-order valence-electron chi connectivity index (χ4n) is 1.90. The van der Waals surface area contributed by atoms with Crippen molar-refractivity contribution in [2.75, 3.05) is 0 Å². The molecule has 0 spiro atoms. The Morgan fingerprint density at radius 3 is 2.60 bits per heavy atom. The van der Waals surface area contributed by atoms with E-state index in [9.17, 15) is 4.79 Å². The molecule has 20 heavy (non-hydrogen) atoms. The first kappa shape index (κ1) is 14.7. The fraction of sp³-hybridized carbons (Fsp3) is 0.333. The monoisotopic (exact) mass is 289 g/mol. The Hall–Kier alpha value is -1.72. The van der Waals surface area contributed by atoms with Crippen LogP contribution in [0.2, 0.25) is 0 Å². The predicted molar refractivity (Wildman–Crippen MR) is 81.6 cm³/mol. The van der Waals surface area contributed by atoms with Gasteiger partial charge in [-0.1, -0.05) is 19.1 Å². The van der Waals surface area contributed by atoms with Crippen molar-refractivity contribution in [2.45, 2.75) is 32.4 Å². The normalized spacial score (nSPS) is 13.8. The van der Waals surface area contributed by atoms with Crippen LogP contribution in [0.25, 0.3) is 0 Å². The lowest BCUT2D eigenvalue weighted by molar-refractivity contribution is 0.0902. The Labute approximate surface area is 123 Å². The maximum absolute atomic E-state index is 12.3. The van der Waals surface area contributed by atoms with Gasteiger partial charge in [0.05, 0.1) is 5.54 Å². The van der Waals surface area contributed by atoms with E-state index in [1.165, 1.54) is 0 Å². The van der Waals surface area contributed by atoms with Crippen LogP contribution < -0.4 is 11.1 Å². The van der Waals surface area contributed by atoms with Gasteiger partial charge < -0.3 is 11.1 Å². The number of aromatic nitrogens is 1. The molecule has 0 fully saturated rings. The van der Waals surface area contributed by atoms with Gasteiger partial charge in [0.15, 0.2) is 0 Å². The second-order valence-electron chi connectivity index (χ2n) is 4.88. The molecule has 0 saturated heterocycles. The van der Waals surface area contributed by atoms with Crippen LogP contribution >= 0.6 is 11.3 Å². The molecule has 0 saturated carbocycles. The highest BCUT2D eigenvalue weighted by Crippen LogP contribution is 2.26. The third-order valence-electron chi connectivity index (χ3n) is 3.45. The van der Waals surface area contributed by atoms with Crippen LogP contribution in [0.3, 0.4) is 0 Å². The van der Waals surface area contributed by atoms with Crippen LogP contribution in [0.4, 0.5) is 0 Å². The van der Waals surface area contributed by atoms with Gasteiger partial charge in [0.25, 0.3) is 5.91 Å². The molecule has 0 aliphatic rings. The van der Waals surface area contributed by atoms with Gasteiger partial charge >= 0.3 is 0 Å². The lowest BCUT2D eigenvalue weighted by Crippen LogP contribution is -2.43. The third-order valence-corrected chi connectivity index (χ3v) is 4.49. The molecular weight excluding hydrogens is 270 g/mol. The molecule has 106 valence electrons. The minimum Gasteiger partial charge on any atom is -0.340 e. The zero-order chi connectivity index (χ0) is 14.6. The Balaban J connectivity index is 2.16. The van der Waals surface area contributed by atoms with Crippen molar-refractivity contribution in [3.63, 3.8) is 0 Å². The summed E-state index contributed by atoms with van der Waals surface area (Å²) in [7, 11) is 0. The Kier molecular flexibility index (Phi) is 4.52. The molecule has 2 rings (SSSR count). The molecule has 3 N–H and O–H groups in total. The molecule has 0 radical (unpaired) electrons. The van der Waals surface area contributed by atoms with Crippen LogP contribution in [0.5, 0.6) is 0 Å². The van der Waals surface area contributed by atoms with E-state index >= 15 is 0 Å². The van der Waals surface area contributed by atoms with E-state index in [2.05, 4.69) is 10.3 Å². The van der Waals surface area contributed by atoms with E-state index in [0.717, 1.165) is 17.0 Å². The molecule has 1 atom stereocenters. The summed E-state index contributed by atoms with van der Waals surface area (Å²) in [6, 6.07) is 7.36. The number of benzene rings is 1. The van der Waals surface area contributed by atoms with Gasteiger partial charge in [-0.3, -0.25) is 4.79 Å². The summed E-state index contributed by atoms with van der Waals surface area (Å²) in [4.78, 5) is 16.7. The predicted octanol–water partition coefficient (Wildman–Crippen LogP) is 2.66. The van der Waals surface area contributed by atoms with Crippen molar-refractivity contribution in [2.24, 2.45) is 5.73 Å². The van der Waals surface area contributed by atoms with Crippen molar-refractivity contribution in [1.82, 2.24) is 10.3 Å². The van der Waals surface area contributed by atoms with E-state index in [1.54, 1.807) is 29.7 Å². The lowest BCUT2D eigenvalue weighted by Gasteiger charge is -2.27. The SMILES string of the molecule is CCC(C)(NC(=O)c1ccc(CN)cc1)c1nccs1. The Morgan fingerprint density at radius 1 is 1.40 bits per heavy atom. The molecule has 0 bridgehead atoms. The fourth-order valence-corrected chi connectivity index (χ4v) is 2.73. The molecule has 4 nitrogen and oxygen atoms in total. The van der Waals surface area contributed by atoms with Gasteiger partial charge in [0.2, 0.25) is 0 Å². The maximum atomic E-state index is 12.3. The van der Waals surface area contributed by atoms with Crippen LogP contribution in [0.1, 0.15) is 41.2 Å². The lowest BCUT2D eigenvalue weighted by atomic mass is 9.99. The summed E-state index contributed by atoms with van der Waals surface area (Å²) in [6.45, 7) is 4.52. The number of nitrogens with two attached hydrogens (primary N) is 1. The van der Waals surface area contributed by atoms with Gasteiger partial charge in [-0.05, 0) is 31.0 Å². The van der Waals surface area contributed by atoms with Crippen molar-refractivity contribution >= 4 is 17.2 Å². The molecule has 2 aromatic rings. The van der Waals surface area contributed by atoms with Crippen LogP contribution in [-0.4, -0.2) is 10.9 Å².